The van der Waals surface area contributed by atoms with Gasteiger partial charge in [-0.3, -0.25) is 4.79 Å². The normalized spacial score (nSPS) is 10.1. The van der Waals surface area contributed by atoms with Gasteiger partial charge in [0.1, 0.15) is 11.6 Å². The van der Waals surface area contributed by atoms with Crippen molar-refractivity contribution in [2.75, 3.05) is 12.4 Å². The van der Waals surface area contributed by atoms with E-state index in [2.05, 4.69) is 10.3 Å². The number of nitriles is 1. The molecule has 0 atom stereocenters. The van der Waals surface area contributed by atoms with Gasteiger partial charge in [-0.05, 0) is 13.0 Å². The lowest BCUT2D eigenvalue weighted by molar-refractivity contribution is -0.114. The van der Waals surface area contributed by atoms with Crippen LogP contribution in [0.1, 0.15) is 28.5 Å². The number of pyridine rings is 1. The fraction of sp³-hybridized carbons (Fsp3) is 0.176. The van der Waals surface area contributed by atoms with Crippen LogP contribution in [0, 0.1) is 18.3 Å². The molecule has 1 N–H and O–H groups in total. The van der Waals surface area contributed by atoms with Gasteiger partial charge < -0.3 is 10.1 Å². The highest BCUT2D eigenvalue weighted by Gasteiger charge is 2.26. The van der Waals surface area contributed by atoms with Crippen LogP contribution in [0.15, 0.2) is 18.2 Å². The zero-order valence-corrected chi connectivity index (χ0v) is 15.1. The molecule has 2 aromatic rings. The Morgan fingerprint density at radius 3 is 2.56 bits per heavy atom. The number of nitrogens with zero attached hydrogens (tertiary/aromatic N) is 2. The van der Waals surface area contributed by atoms with Gasteiger partial charge in [-0.15, -0.1) is 0 Å². The van der Waals surface area contributed by atoms with Crippen molar-refractivity contribution in [2.24, 2.45) is 0 Å². The SMILES string of the molecule is COC(=O)c1c(C)nc(NC(C)=O)c(C#N)c1-c1cccc(Cl)c1Cl. The van der Waals surface area contributed by atoms with Crippen LogP contribution >= 0.6 is 23.2 Å². The van der Waals surface area contributed by atoms with Crippen LogP contribution in [-0.2, 0) is 9.53 Å². The van der Waals surface area contributed by atoms with E-state index in [1.165, 1.54) is 14.0 Å². The molecule has 0 radical (unpaired) electrons. The number of hydrogen-bond donors (Lipinski definition) is 1. The summed E-state index contributed by atoms with van der Waals surface area (Å²) in [5, 5.41) is 12.6. The van der Waals surface area contributed by atoms with E-state index in [0.29, 0.717) is 5.56 Å². The van der Waals surface area contributed by atoms with Crippen molar-refractivity contribution in [3.8, 4) is 17.2 Å². The summed E-state index contributed by atoms with van der Waals surface area (Å²) in [5.74, 6) is -1.05. The highest BCUT2D eigenvalue weighted by molar-refractivity contribution is 6.44. The fourth-order valence-electron chi connectivity index (χ4n) is 2.39. The Morgan fingerprint density at radius 1 is 1.32 bits per heavy atom. The van der Waals surface area contributed by atoms with Crippen LogP contribution < -0.4 is 5.32 Å². The molecule has 128 valence electrons. The van der Waals surface area contributed by atoms with Crippen molar-refractivity contribution in [1.29, 1.82) is 5.26 Å². The summed E-state index contributed by atoms with van der Waals surface area (Å²) in [6.07, 6.45) is 0. The van der Waals surface area contributed by atoms with E-state index in [9.17, 15) is 14.9 Å². The number of amides is 1. The number of hydrogen-bond acceptors (Lipinski definition) is 5. The van der Waals surface area contributed by atoms with Crippen molar-refractivity contribution < 1.29 is 14.3 Å². The number of rotatable bonds is 3. The molecule has 0 spiro atoms. The molecule has 0 bridgehead atoms. The van der Waals surface area contributed by atoms with Gasteiger partial charge in [0.2, 0.25) is 5.91 Å². The molecule has 1 aromatic heterocycles. The number of halogens is 2. The second-order valence-electron chi connectivity index (χ2n) is 5.06. The number of aromatic nitrogens is 1. The topological polar surface area (TPSA) is 92.1 Å². The Hall–Kier alpha value is -2.62. The monoisotopic (exact) mass is 377 g/mol. The van der Waals surface area contributed by atoms with Crippen molar-refractivity contribution in [2.45, 2.75) is 13.8 Å². The first-order chi connectivity index (χ1) is 11.8. The molecule has 0 unspecified atom stereocenters. The molecule has 0 saturated carbocycles. The zero-order valence-electron chi connectivity index (χ0n) is 13.6. The molecule has 0 saturated heterocycles. The summed E-state index contributed by atoms with van der Waals surface area (Å²) in [6, 6.07) is 6.82. The minimum Gasteiger partial charge on any atom is -0.465 e. The quantitative estimate of drug-likeness (QED) is 0.816. The molecule has 1 aromatic carbocycles. The summed E-state index contributed by atoms with van der Waals surface area (Å²) in [6.45, 7) is 2.86. The number of aryl methyl sites for hydroxylation is 1. The van der Waals surface area contributed by atoms with Crippen LogP contribution in [0.25, 0.3) is 11.1 Å². The van der Waals surface area contributed by atoms with Crippen molar-refractivity contribution >= 4 is 40.9 Å². The summed E-state index contributed by atoms with van der Waals surface area (Å²) in [4.78, 5) is 27.9. The van der Waals surface area contributed by atoms with Crippen LogP contribution in [0.4, 0.5) is 5.82 Å². The molecule has 0 aliphatic heterocycles. The van der Waals surface area contributed by atoms with Crippen molar-refractivity contribution in [3.05, 3.63) is 45.1 Å². The predicted octanol–water partition coefficient (Wildman–Crippen LogP) is 3.98. The second-order valence-corrected chi connectivity index (χ2v) is 5.84. The highest BCUT2D eigenvalue weighted by Crippen LogP contribution is 2.40. The highest BCUT2D eigenvalue weighted by atomic mass is 35.5. The standard InChI is InChI=1S/C17H13Cl2N3O3/c1-8-13(17(24)25-3)14(10-5-4-6-12(18)15(10)19)11(7-20)16(21-8)22-9(2)23/h4-6H,1-3H3,(H,21,22,23). The average molecular weight is 378 g/mol. The second kappa shape index (κ2) is 7.51. The smallest absolute Gasteiger partial charge is 0.340 e. The molecule has 8 heteroatoms. The third-order valence-electron chi connectivity index (χ3n) is 3.39. The maximum absolute atomic E-state index is 12.3. The Balaban J connectivity index is 2.97. The van der Waals surface area contributed by atoms with E-state index in [-0.39, 0.29) is 38.2 Å². The third kappa shape index (κ3) is 3.58. The van der Waals surface area contributed by atoms with Gasteiger partial charge in [-0.25, -0.2) is 9.78 Å². The lowest BCUT2D eigenvalue weighted by Gasteiger charge is -2.17. The van der Waals surface area contributed by atoms with Gasteiger partial charge in [0.05, 0.1) is 28.4 Å². The van der Waals surface area contributed by atoms with Crippen LogP contribution in [-0.4, -0.2) is 24.0 Å². The molecular weight excluding hydrogens is 365 g/mol. The molecule has 0 aliphatic carbocycles. The van der Waals surface area contributed by atoms with Crippen LogP contribution in [0.3, 0.4) is 0 Å². The maximum atomic E-state index is 12.3. The van der Waals surface area contributed by atoms with E-state index in [4.69, 9.17) is 27.9 Å². The zero-order chi connectivity index (χ0) is 18.7. The number of nitrogens with one attached hydrogen (secondary N) is 1. The van der Waals surface area contributed by atoms with Crippen molar-refractivity contribution in [1.82, 2.24) is 4.98 Å². The third-order valence-corrected chi connectivity index (χ3v) is 4.21. The number of benzene rings is 1. The molecule has 6 nitrogen and oxygen atoms in total. The van der Waals surface area contributed by atoms with E-state index in [1.54, 1.807) is 25.1 Å². The molecular formula is C17H13Cl2N3O3. The van der Waals surface area contributed by atoms with Gasteiger partial charge >= 0.3 is 5.97 Å². The lowest BCUT2D eigenvalue weighted by Crippen LogP contribution is -2.15. The fourth-order valence-corrected chi connectivity index (χ4v) is 2.78. The predicted molar refractivity (Wildman–Crippen MR) is 94.8 cm³/mol. The summed E-state index contributed by atoms with van der Waals surface area (Å²) in [7, 11) is 1.22. The van der Waals surface area contributed by atoms with Gasteiger partial charge in [0.25, 0.3) is 0 Å². The first kappa shape index (κ1) is 18.7. The first-order valence-corrected chi connectivity index (χ1v) is 7.82. The maximum Gasteiger partial charge on any atom is 0.340 e. The number of methoxy groups -OCH3 is 1. The van der Waals surface area contributed by atoms with E-state index in [0.717, 1.165) is 0 Å². The summed E-state index contributed by atoms with van der Waals surface area (Å²) in [5.41, 5.74) is 0.921. The number of carbonyl (C=O) groups is 2. The molecule has 1 amide bonds. The van der Waals surface area contributed by atoms with Gasteiger partial charge in [0.15, 0.2) is 5.82 Å². The van der Waals surface area contributed by atoms with Crippen LogP contribution in [0.2, 0.25) is 10.0 Å². The Bertz CT molecular complexity index is 920. The lowest BCUT2D eigenvalue weighted by atomic mass is 9.94. The minimum atomic E-state index is -0.679. The number of carbonyl (C=O) groups excluding carboxylic acids is 2. The van der Waals surface area contributed by atoms with Crippen LogP contribution in [0.5, 0.6) is 0 Å². The number of anilines is 1. The van der Waals surface area contributed by atoms with Gasteiger partial charge in [0, 0.05) is 18.1 Å². The number of ether oxygens (including phenoxy) is 1. The van der Waals surface area contributed by atoms with E-state index >= 15 is 0 Å². The first-order valence-electron chi connectivity index (χ1n) is 7.06. The van der Waals surface area contributed by atoms with Gasteiger partial charge in [-0.2, -0.15) is 5.26 Å². The Labute approximate surface area is 154 Å². The molecule has 0 fully saturated rings. The summed E-state index contributed by atoms with van der Waals surface area (Å²) < 4.78 is 4.82. The molecule has 25 heavy (non-hydrogen) atoms. The van der Waals surface area contributed by atoms with Gasteiger partial charge in [-0.1, -0.05) is 35.3 Å². The van der Waals surface area contributed by atoms with E-state index < -0.39 is 11.9 Å². The average Bonchev–Trinajstić information content (AvgIpc) is 2.55. The summed E-state index contributed by atoms with van der Waals surface area (Å²) >= 11 is 12.4. The largest absolute Gasteiger partial charge is 0.465 e. The molecule has 1 heterocycles. The molecule has 2 rings (SSSR count). The number of esters is 1. The minimum absolute atomic E-state index is 0.00892. The Morgan fingerprint density at radius 2 is 2.00 bits per heavy atom. The Kier molecular flexibility index (Phi) is 5.62. The van der Waals surface area contributed by atoms with Crippen molar-refractivity contribution in [3.63, 3.8) is 0 Å². The van der Waals surface area contributed by atoms with E-state index in [1.807, 2.05) is 6.07 Å². The molecule has 0 aliphatic rings.